The predicted molar refractivity (Wildman–Crippen MR) is 90.5 cm³/mol. The molecule has 3 aromatic rings. The summed E-state index contributed by atoms with van der Waals surface area (Å²) in [7, 11) is 0. The minimum Gasteiger partial charge on any atom is -0.411 e. The summed E-state index contributed by atoms with van der Waals surface area (Å²) >= 11 is 0. The van der Waals surface area contributed by atoms with Crippen molar-refractivity contribution in [2.24, 2.45) is 0 Å². The van der Waals surface area contributed by atoms with Crippen molar-refractivity contribution in [2.45, 2.75) is 33.6 Å². The first-order chi connectivity index (χ1) is 10.5. The molecule has 0 bridgehead atoms. The van der Waals surface area contributed by atoms with Gasteiger partial charge in [0.1, 0.15) is 0 Å². The Morgan fingerprint density at radius 1 is 1.00 bits per heavy atom. The third kappa shape index (κ3) is 3.49. The number of fused-ring (bicyclic) bond motifs is 1. The van der Waals surface area contributed by atoms with Crippen molar-refractivity contribution in [3.05, 3.63) is 70.9 Å². The van der Waals surface area contributed by atoms with E-state index >= 15 is 0 Å². The smallest absolute Gasteiger partial charge is 0.177 e. The third-order valence-electron chi connectivity index (χ3n) is 3.99. The Balaban J connectivity index is 0.00000192. The van der Waals surface area contributed by atoms with Crippen molar-refractivity contribution in [1.29, 1.82) is 0 Å². The molecule has 3 heteroatoms. The molecule has 0 aliphatic heterocycles. The topological polar surface area (TPSA) is 22.0 Å². The number of hydrogen-bond donors (Lipinski definition) is 0. The Hall–Kier alpha value is -1.25. The molecule has 0 N–H and O–H groups in total. The minimum atomic E-state index is -0.0271. The fraction of sp³-hybridized carbons (Fsp3) is 0.250. The standard InChI is InChI=1S/C20H20NO.Y/c1-13(2)18-12-21(19-10-7-15(4)11-17(18)19)20(22)16-8-5-14(3)6-9-16;/h5-11,13H,1-4H3;/q-1;. The number of nitrogens with zero attached hydrogens (tertiary/aromatic N) is 1. The van der Waals surface area contributed by atoms with Gasteiger partial charge in [0.05, 0.1) is 0 Å². The zero-order valence-corrected chi connectivity index (χ0v) is 16.9. The summed E-state index contributed by atoms with van der Waals surface area (Å²) in [5.74, 6) is 0.303. The minimum absolute atomic E-state index is 0. The molecule has 0 fully saturated rings. The second-order valence-electron chi connectivity index (χ2n) is 6.21. The number of rotatable bonds is 2. The molecular weight excluding hydrogens is 359 g/mol. The SMILES string of the molecule is Cc1ccc(C(=O)n2[c-]c(C(C)C)c3cc(C)ccc32)cc1.[Y]. The average molecular weight is 379 g/mol. The molecule has 0 aliphatic carbocycles. The van der Waals surface area contributed by atoms with Crippen LogP contribution in [0.3, 0.4) is 0 Å². The van der Waals surface area contributed by atoms with Gasteiger partial charge in [0.15, 0.2) is 5.91 Å². The van der Waals surface area contributed by atoms with Crippen LogP contribution in [0, 0.1) is 20.0 Å². The van der Waals surface area contributed by atoms with Crippen molar-refractivity contribution in [2.75, 3.05) is 0 Å². The summed E-state index contributed by atoms with van der Waals surface area (Å²) in [6, 6.07) is 13.9. The Bertz CT molecular complexity index is 844. The number of carbonyl (C=O) groups is 1. The Morgan fingerprint density at radius 2 is 1.61 bits per heavy atom. The number of hydrogen-bond acceptors (Lipinski definition) is 1. The molecule has 115 valence electrons. The molecule has 0 unspecified atom stereocenters. The largest absolute Gasteiger partial charge is 0.411 e. The van der Waals surface area contributed by atoms with Crippen LogP contribution in [0.4, 0.5) is 0 Å². The molecule has 1 aromatic heterocycles. The second-order valence-corrected chi connectivity index (χ2v) is 6.21. The van der Waals surface area contributed by atoms with Gasteiger partial charge < -0.3 is 9.36 Å². The van der Waals surface area contributed by atoms with Crippen molar-refractivity contribution >= 4 is 16.8 Å². The Morgan fingerprint density at radius 3 is 2.22 bits per heavy atom. The number of aryl methyl sites for hydroxylation is 2. The quantitative estimate of drug-likeness (QED) is 0.583. The van der Waals surface area contributed by atoms with Gasteiger partial charge in [0.2, 0.25) is 0 Å². The van der Waals surface area contributed by atoms with E-state index in [0.717, 1.165) is 22.0 Å². The fourth-order valence-electron chi connectivity index (χ4n) is 2.73. The summed E-state index contributed by atoms with van der Waals surface area (Å²) in [6.07, 6.45) is 3.30. The summed E-state index contributed by atoms with van der Waals surface area (Å²) in [6.45, 7) is 8.36. The van der Waals surface area contributed by atoms with Crippen LogP contribution in [-0.4, -0.2) is 10.5 Å². The van der Waals surface area contributed by atoms with Crippen LogP contribution in [0.25, 0.3) is 10.9 Å². The third-order valence-corrected chi connectivity index (χ3v) is 3.99. The predicted octanol–water partition coefficient (Wildman–Crippen LogP) is 4.87. The first-order valence-corrected chi connectivity index (χ1v) is 7.63. The van der Waals surface area contributed by atoms with E-state index in [4.69, 9.17) is 0 Å². The van der Waals surface area contributed by atoms with Crippen LogP contribution in [0.5, 0.6) is 0 Å². The van der Waals surface area contributed by atoms with Crippen LogP contribution in [0.15, 0.2) is 42.5 Å². The van der Waals surface area contributed by atoms with E-state index in [9.17, 15) is 4.79 Å². The van der Waals surface area contributed by atoms with E-state index in [0.29, 0.717) is 11.5 Å². The number of aromatic nitrogens is 1. The van der Waals surface area contributed by atoms with E-state index in [1.807, 2.05) is 43.3 Å². The number of benzene rings is 2. The second kappa shape index (κ2) is 7.11. The van der Waals surface area contributed by atoms with E-state index < -0.39 is 0 Å². The van der Waals surface area contributed by atoms with Crippen molar-refractivity contribution in [1.82, 2.24) is 4.57 Å². The van der Waals surface area contributed by atoms with Gasteiger partial charge in [0, 0.05) is 32.7 Å². The molecule has 0 saturated heterocycles. The average Bonchev–Trinajstić information content (AvgIpc) is 2.86. The summed E-state index contributed by atoms with van der Waals surface area (Å²) in [5, 5.41) is 1.12. The van der Waals surface area contributed by atoms with Gasteiger partial charge >= 0.3 is 0 Å². The first-order valence-electron chi connectivity index (χ1n) is 7.63. The van der Waals surface area contributed by atoms with Gasteiger partial charge in [-0.15, -0.1) is 17.0 Å². The molecule has 0 saturated carbocycles. The van der Waals surface area contributed by atoms with Gasteiger partial charge in [-0.25, -0.2) is 0 Å². The van der Waals surface area contributed by atoms with Gasteiger partial charge in [-0.1, -0.05) is 73.1 Å². The maximum absolute atomic E-state index is 12.8. The molecule has 1 heterocycles. The van der Waals surface area contributed by atoms with Crippen LogP contribution in [0.1, 0.15) is 46.8 Å². The van der Waals surface area contributed by atoms with E-state index in [1.165, 1.54) is 5.56 Å². The van der Waals surface area contributed by atoms with Crippen LogP contribution >= 0.6 is 0 Å². The molecule has 23 heavy (non-hydrogen) atoms. The van der Waals surface area contributed by atoms with Crippen LogP contribution in [-0.2, 0) is 32.7 Å². The maximum Gasteiger partial charge on any atom is 0.177 e. The zero-order chi connectivity index (χ0) is 15.9. The monoisotopic (exact) mass is 379 g/mol. The summed E-state index contributed by atoms with van der Waals surface area (Å²) in [4.78, 5) is 12.8. The Kier molecular flexibility index (Phi) is 5.59. The van der Waals surface area contributed by atoms with E-state index in [-0.39, 0.29) is 38.6 Å². The Labute approximate surface area is 162 Å². The normalized spacial score (nSPS) is 10.8. The zero-order valence-electron chi connectivity index (χ0n) is 14.1. The number of carbonyl (C=O) groups excluding carboxylic acids is 1. The van der Waals surface area contributed by atoms with Gasteiger partial charge in [-0.3, -0.25) is 0 Å². The molecule has 0 aliphatic rings. The van der Waals surface area contributed by atoms with Crippen LogP contribution < -0.4 is 0 Å². The molecule has 0 amide bonds. The van der Waals surface area contributed by atoms with E-state index in [2.05, 4.69) is 33.0 Å². The van der Waals surface area contributed by atoms with Gasteiger partial charge in [-0.05, 0) is 25.3 Å². The summed E-state index contributed by atoms with van der Waals surface area (Å²) < 4.78 is 1.66. The molecule has 0 atom stereocenters. The molecule has 2 nitrogen and oxygen atoms in total. The molecule has 1 radical (unpaired) electrons. The molecule has 3 rings (SSSR count). The van der Waals surface area contributed by atoms with Crippen molar-refractivity contribution < 1.29 is 37.5 Å². The first kappa shape index (κ1) is 18.1. The summed E-state index contributed by atoms with van der Waals surface area (Å²) in [5.41, 5.74) is 5.06. The van der Waals surface area contributed by atoms with Gasteiger partial charge in [0.25, 0.3) is 0 Å². The van der Waals surface area contributed by atoms with E-state index in [1.54, 1.807) is 4.57 Å². The molecular formula is C20H20NOY-. The molecule has 2 aromatic carbocycles. The molecule has 0 spiro atoms. The van der Waals surface area contributed by atoms with Gasteiger partial charge in [-0.2, -0.15) is 0 Å². The van der Waals surface area contributed by atoms with Crippen molar-refractivity contribution in [3.63, 3.8) is 0 Å². The van der Waals surface area contributed by atoms with Crippen molar-refractivity contribution in [3.8, 4) is 0 Å². The maximum atomic E-state index is 12.8. The van der Waals surface area contributed by atoms with Crippen LogP contribution in [0.2, 0.25) is 0 Å². The fourth-order valence-corrected chi connectivity index (χ4v) is 2.73.